The van der Waals surface area contributed by atoms with Crippen molar-refractivity contribution in [1.82, 2.24) is 15.3 Å². The molecule has 1 aromatic rings. The van der Waals surface area contributed by atoms with Gasteiger partial charge in [0.15, 0.2) is 11.6 Å². The molecule has 0 radical (unpaired) electrons. The van der Waals surface area contributed by atoms with Crippen LogP contribution >= 0.6 is 0 Å². The smallest absolute Gasteiger partial charge is 0.242 e. The minimum Gasteiger partial charge on any atom is -0.490 e. The van der Waals surface area contributed by atoms with E-state index in [1.807, 2.05) is 13.8 Å². The number of aromatic nitrogens is 2. The average Bonchev–Trinajstić information content (AvgIpc) is 2.44. The summed E-state index contributed by atoms with van der Waals surface area (Å²) in [5.41, 5.74) is 0. The number of carbonyl (C=O) groups excluding carboxylic acids is 1. The van der Waals surface area contributed by atoms with Gasteiger partial charge in [0.05, 0.1) is 7.11 Å². The first-order chi connectivity index (χ1) is 9.99. The van der Waals surface area contributed by atoms with Crippen LogP contribution in [-0.4, -0.2) is 41.6 Å². The maximum Gasteiger partial charge on any atom is 0.242 e. The molecule has 1 atom stereocenters. The van der Waals surface area contributed by atoms with E-state index in [2.05, 4.69) is 32.8 Å². The molecule has 0 saturated carbocycles. The lowest BCUT2D eigenvalue weighted by Gasteiger charge is -2.19. The first kappa shape index (κ1) is 17.0. The van der Waals surface area contributed by atoms with E-state index in [0.717, 1.165) is 13.0 Å². The molecule has 0 spiro atoms. The summed E-state index contributed by atoms with van der Waals surface area (Å²) in [6.07, 6.45) is 2.42. The van der Waals surface area contributed by atoms with Gasteiger partial charge in [-0.15, -0.1) is 0 Å². The lowest BCUT2D eigenvalue weighted by Crippen LogP contribution is -2.41. The lowest BCUT2D eigenvalue weighted by atomic mass is 10.2. The molecule has 0 bridgehead atoms. The number of rotatable bonds is 8. The molecule has 0 aromatic carbocycles. The predicted octanol–water partition coefficient (Wildman–Crippen LogP) is 1.63. The van der Waals surface area contributed by atoms with Crippen LogP contribution in [0.5, 0.6) is 5.75 Å². The van der Waals surface area contributed by atoms with Crippen LogP contribution in [0.4, 0.5) is 11.6 Å². The lowest BCUT2D eigenvalue weighted by molar-refractivity contribution is -0.122. The first-order valence-corrected chi connectivity index (χ1v) is 7.19. The van der Waals surface area contributed by atoms with Crippen molar-refractivity contribution in [2.75, 3.05) is 24.3 Å². The van der Waals surface area contributed by atoms with Crippen LogP contribution in [0.15, 0.2) is 6.33 Å². The van der Waals surface area contributed by atoms with E-state index < -0.39 is 6.04 Å². The summed E-state index contributed by atoms with van der Waals surface area (Å²) in [7, 11) is 1.56. The minimum atomic E-state index is -0.421. The fraction of sp³-hybridized carbons (Fsp3) is 0.643. The minimum absolute atomic E-state index is 0.0891. The van der Waals surface area contributed by atoms with Gasteiger partial charge >= 0.3 is 0 Å². The van der Waals surface area contributed by atoms with Crippen molar-refractivity contribution >= 4 is 17.5 Å². The second-order valence-corrected chi connectivity index (χ2v) is 5.06. The molecule has 1 amide bonds. The van der Waals surface area contributed by atoms with Gasteiger partial charge in [0, 0.05) is 12.6 Å². The molecule has 1 aromatic heterocycles. The van der Waals surface area contributed by atoms with Crippen molar-refractivity contribution in [2.45, 2.75) is 46.2 Å². The molecule has 7 heteroatoms. The van der Waals surface area contributed by atoms with Crippen LogP contribution in [0.3, 0.4) is 0 Å². The Bertz CT molecular complexity index is 465. The molecular formula is C14H25N5O2. The zero-order valence-electron chi connectivity index (χ0n) is 13.4. The Morgan fingerprint density at radius 2 is 1.95 bits per heavy atom. The van der Waals surface area contributed by atoms with Gasteiger partial charge in [-0.05, 0) is 27.2 Å². The van der Waals surface area contributed by atoms with Gasteiger partial charge in [-0.1, -0.05) is 6.92 Å². The summed E-state index contributed by atoms with van der Waals surface area (Å²) in [5.74, 6) is 1.54. The SMILES string of the molecule is CCCNc1ncnc(NC(C)C(=O)NC(C)C)c1OC. The number of methoxy groups -OCH3 is 1. The maximum absolute atomic E-state index is 11.9. The molecular weight excluding hydrogens is 270 g/mol. The third-order valence-electron chi connectivity index (χ3n) is 2.73. The van der Waals surface area contributed by atoms with Gasteiger partial charge in [-0.3, -0.25) is 4.79 Å². The Kier molecular flexibility index (Phi) is 6.71. The Labute approximate surface area is 125 Å². The summed E-state index contributed by atoms with van der Waals surface area (Å²) < 4.78 is 5.35. The topological polar surface area (TPSA) is 88.2 Å². The summed E-state index contributed by atoms with van der Waals surface area (Å²) in [4.78, 5) is 20.3. The monoisotopic (exact) mass is 295 g/mol. The summed E-state index contributed by atoms with van der Waals surface area (Å²) in [6.45, 7) is 8.47. The molecule has 3 N–H and O–H groups in total. The number of hydrogen-bond donors (Lipinski definition) is 3. The molecule has 1 rings (SSSR count). The second kappa shape index (κ2) is 8.28. The third kappa shape index (κ3) is 5.09. The van der Waals surface area contributed by atoms with Crippen molar-refractivity contribution in [2.24, 2.45) is 0 Å². The Hall–Kier alpha value is -2.05. The zero-order chi connectivity index (χ0) is 15.8. The standard InChI is InChI=1S/C14H25N5O2/c1-6-7-15-12-11(21-5)13(17-8-16-12)19-10(4)14(20)18-9(2)3/h8-10H,6-7H2,1-5H3,(H,18,20)(H2,15,16,17,19). The predicted molar refractivity (Wildman–Crippen MR) is 83.7 cm³/mol. The van der Waals surface area contributed by atoms with Crippen LogP contribution in [0.2, 0.25) is 0 Å². The van der Waals surface area contributed by atoms with Crippen molar-refractivity contribution in [3.63, 3.8) is 0 Å². The van der Waals surface area contributed by atoms with Crippen LogP contribution < -0.4 is 20.7 Å². The van der Waals surface area contributed by atoms with E-state index in [4.69, 9.17) is 4.74 Å². The second-order valence-electron chi connectivity index (χ2n) is 5.06. The number of amides is 1. The number of nitrogens with one attached hydrogen (secondary N) is 3. The molecule has 118 valence electrons. The molecule has 0 aliphatic heterocycles. The number of carbonyl (C=O) groups is 1. The highest BCUT2D eigenvalue weighted by Gasteiger charge is 2.18. The van der Waals surface area contributed by atoms with E-state index in [9.17, 15) is 4.79 Å². The maximum atomic E-state index is 11.9. The molecule has 0 saturated heterocycles. The van der Waals surface area contributed by atoms with E-state index in [0.29, 0.717) is 17.4 Å². The first-order valence-electron chi connectivity index (χ1n) is 7.19. The van der Waals surface area contributed by atoms with Gasteiger partial charge in [-0.2, -0.15) is 0 Å². The summed E-state index contributed by atoms with van der Waals surface area (Å²) >= 11 is 0. The highest BCUT2D eigenvalue weighted by atomic mass is 16.5. The van der Waals surface area contributed by atoms with Crippen LogP contribution in [0.25, 0.3) is 0 Å². The molecule has 0 aliphatic carbocycles. The Morgan fingerprint density at radius 3 is 2.52 bits per heavy atom. The fourth-order valence-corrected chi connectivity index (χ4v) is 1.72. The van der Waals surface area contributed by atoms with E-state index in [1.165, 1.54) is 6.33 Å². The van der Waals surface area contributed by atoms with Crippen LogP contribution in [0.1, 0.15) is 34.1 Å². The zero-order valence-corrected chi connectivity index (χ0v) is 13.4. The number of nitrogens with zero attached hydrogens (tertiary/aromatic N) is 2. The molecule has 1 unspecified atom stereocenters. The quantitative estimate of drug-likeness (QED) is 0.675. The molecule has 7 nitrogen and oxygen atoms in total. The third-order valence-corrected chi connectivity index (χ3v) is 2.73. The average molecular weight is 295 g/mol. The Balaban J connectivity index is 2.84. The van der Waals surface area contributed by atoms with Gasteiger partial charge in [0.2, 0.25) is 11.7 Å². The molecule has 0 fully saturated rings. The van der Waals surface area contributed by atoms with Crippen molar-refractivity contribution in [3.05, 3.63) is 6.33 Å². The van der Waals surface area contributed by atoms with Crippen molar-refractivity contribution in [3.8, 4) is 5.75 Å². The van der Waals surface area contributed by atoms with Gasteiger partial charge in [0.25, 0.3) is 0 Å². The van der Waals surface area contributed by atoms with Gasteiger partial charge in [0.1, 0.15) is 12.4 Å². The van der Waals surface area contributed by atoms with Crippen LogP contribution in [0, 0.1) is 0 Å². The molecule has 21 heavy (non-hydrogen) atoms. The van der Waals surface area contributed by atoms with Crippen molar-refractivity contribution < 1.29 is 9.53 Å². The van der Waals surface area contributed by atoms with Crippen LogP contribution in [-0.2, 0) is 4.79 Å². The molecule has 0 aliphatic rings. The fourth-order valence-electron chi connectivity index (χ4n) is 1.72. The summed E-state index contributed by atoms with van der Waals surface area (Å²) in [6, 6.07) is -0.328. The van der Waals surface area contributed by atoms with E-state index in [1.54, 1.807) is 14.0 Å². The normalized spacial score (nSPS) is 11.9. The van der Waals surface area contributed by atoms with Crippen molar-refractivity contribution in [1.29, 1.82) is 0 Å². The highest BCUT2D eigenvalue weighted by molar-refractivity contribution is 5.84. The summed E-state index contributed by atoms with van der Waals surface area (Å²) in [5, 5.41) is 9.08. The highest BCUT2D eigenvalue weighted by Crippen LogP contribution is 2.29. The van der Waals surface area contributed by atoms with Gasteiger partial charge in [-0.25, -0.2) is 9.97 Å². The molecule has 1 heterocycles. The number of ether oxygens (including phenoxy) is 1. The number of hydrogen-bond acceptors (Lipinski definition) is 6. The largest absolute Gasteiger partial charge is 0.490 e. The van der Waals surface area contributed by atoms with E-state index in [-0.39, 0.29) is 11.9 Å². The van der Waals surface area contributed by atoms with E-state index >= 15 is 0 Å². The Morgan fingerprint density at radius 1 is 1.29 bits per heavy atom. The van der Waals surface area contributed by atoms with Gasteiger partial charge < -0.3 is 20.7 Å². The number of anilines is 2.